The molecular weight excluding hydrogens is 346 g/mol. The third-order valence-electron chi connectivity index (χ3n) is 2.43. The van der Waals surface area contributed by atoms with Gasteiger partial charge in [0.2, 0.25) is 0 Å². The van der Waals surface area contributed by atoms with Gasteiger partial charge in [-0.25, -0.2) is 4.39 Å². The highest BCUT2D eigenvalue weighted by Gasteiger charge is 2.17. The summed E-state index contributed by atoms with van der Waals surface area (Å²) < 4.78 is 14.7. The Morgan fingerprint density at radius 3 is 2.65 bits per heavy atom. The molecule has 0 aliphatic rings. The van der Waals surface area contributed by atoms with Gasteiger partial charge in [0, 0.05) is 9.35 Å². The topological polar surface area (TPSA) is 0 Å². The van der Waals surface area contributed by atoms with Crippen molar-refractivity contribution in [3.8, 4) is 0 Å². The first-order valence-electron chi connectivity index (χ1n) is 4.84. The quantitative estimate of drug-likeness (QED) is 0.586. The third kappa shape index (κ3) is 2.84. The molecule has 2 rings (SSSR count). The molecular formula is C12H8BrCl2FS. The molecule has 90 valence electrons. The lowest BCUT2D eigenvalue weighted by Gasteiger charge is -2.11. The highest BCUT2D eigenvalue weighted by Crippen LogP contribution is 2.41. The second-order valence-electron chi connectivity index (χ2n) is 3.63. The van der Waals surface area contributed by atoms with Crippen molar-refractivity contribution in [3.05, 3.63) is 54.9 Å². The van der Waals surface area contributed by atoms with Gasteiger partial charge in [-0.2, -0.15) is 0 Å². The maximum absolute atomic E-state index is 13.2. The summed E-state index contributed by atoms with van der Waals surface area (Å²) in [5.41, 5.74) is 1.74. The van der Waals surface area contributed by atoms with Crippen LogP contribution < -0.4 is 0 Å². The van der Waals surface area contributed by atoms with Gasteiger partial charge in [0.1, 0.15) is 10.2 Å². The van der Waals surface area contributed by atoms with E-state index in [4.69, 9.17) is 23.2 Å². The summed E-state index contributed by atoms with van der Waals surface area (Å²) >= 11 is 17.1. The Morgan fingerprint density at radius 2 is 2.06 bits per heavy atom. The summed E-state index contributed by atoms with van der Waals surface area (Å²) in [7, 11) is 0. The number of alkyl halides is 1. The van der Waals surface area contributed by atoms with Crippen LogP contribution in [0, 0.1) is 12.7 Å². The molecule has 5 heteroatoms. The fourth-order valence-electron chi connectivity index (χ4n) is 1.53. The molecule has 1 aromatic carbocycles. The fraction of sp³-hybridized carbons (Fsp3) is 0.167. The summed E-state index contributed by atoms with van der Waals surface area (Å²) in [6.45, 7) is 1.91. The molecule has 0 spiro atoms. The van der Waals surface area contributed by atoms with Crippen LogP contribution in [0.1, 0.15) is 21.4 Å². The first-order valence-corrected chi connectivity index (χ1v) is 7.26. The SMILES string of the molecule is Cc1ccc(F)cc1C(Cl)c1cc(Br)c(Cl)s1. The van der Waals surface area contributed by atoms with E-state index in [0.29, 0.717) is 4.34 Å². The molecule has 0 saturated heterocycles. The molecule has 1 atom stereocenters. The molecule has 1 unspecified atom stereocenters. The maximum atomic E-state index is 13.2. The summed E-state index contributed by atoms with van der Waals surface area (Å²) in [6.07, 6.45) is 0. The fourth-order valence-corrected chi connectivity index (χ4v) is 3.69. The number of hydrogen-bond acceptors (Lipinski definition) is 1. The van der Waals surface area contributed by atoms with E-state index in [1.54, 1.807) is 6.07 Å². The van der Waals surface area contributed by atoms with Crippen LogP contribution in [0.2, 0.25) is 4.34 Å². The van der Waals surface area contributed by atoms with E-state index in [1.807, 2.05) is 13.0 Å². The van der Waals surface area contributed by atoms with Crippen LogP contribution in [0.15, 0.2) is 28.7 Å². The minimum Gasteiger partial charge on any atom is -0.207 e. The second-order valence-corrected chi connectivity index (χ2v) is 6.61. The zero-order valence-corrected chi connectivity index (χ0v) is 12.7. The summed E-state index contributed by atoms with van der Waals surface area (Å²) in [5, 5.41) is -0.375. The van der Waals surface area contributed by atoms with Crippen molar-refractivity contribution in [3.63, 3.8) is 0 Å². The van der Waals surface area contributed by atoms with E-state index in [0.717, 1.165) is 20.5 Å². The van der Waals surface area contributed by atoms with Crippen molar-refractivity contribution in [2.45, 2.75) is 12.3 Å². The van der Waals surface area contributed by atoms with E-state index in [-0.39, 0.29) is 11.2 Å². The van der Waals surface area contributed by atoms with Crippen molar-refractivity contribution in [1.29, 1.82) is 0 Å². The predicted octanol–water partition coefficient (Wildman–Crippen LogP) is 5.94. The smallest absolute Gasteiger partial charge is 0.123 e. The molecule has 0 amide bonds. The predicted molar refractivity (Wildman–Crippen MR) is 75.9 cm³/mol. The van der Waals surface area contributed by atoms with Crippen molar-refractivity contribution >= 4 is 50.5 Å². The average molecular weight is 354 g/mol. The van der Waals surface area contributed by atoms with Gasteiger partial charge in [0.15, 0.2) is 0 Å². The minimum atomic E-state index is -0.375. The van der Waals surface area contributed by atoms with Crippen LogP contribution >= 0.6 is 50.5 Å². The Labute approximate surface area is 121 Å². The van der Waals surface area contributed by atoms with Crippen LogP contribution in [-0.2, 0) is 0 Å². The van der Waals surface area contributed by atoms with Crippen molar-refractivity contribution in [2.24, 2.45) is 0 Å². The molecule has 0 bridgehead atoms. The van der Waals surface area contributed by atoms with Gasteiger partial charge < -0.3 is 0 Å². The van der Waals surface area contributed by atoms with Crippen LogP contribution in [0.5, 0.6) is 0 Å². The molecule has 0 nitrogen and oxygen atoms in total. The largest absolute Gasteiger partial charge is 0.207 e. The van der Waals surface area contributed by atoms with Crippen LogP contribution in [-0.4, -0.2) is 0 Å². The number of thiophene rings is 1. The molecule has 0 saturated carbocycles. The van der Waals surface area contributed by atoms with Crippen LogP contribution in [0.3, 0.4) is 0 Å². The first kappa shape index (κ1) is 13.3. The van der Waals surface area contributed by atoms with Crippen LogP contribution in [0.4, 0.5) is 4.39 Å². The van der Waals surface area contributed by atoms with E-state index in [1.165, 1.54) is 23.5 Å². The number of rotatable bonds is 2. The normalized spacial score (nSPS) is 12.8. The Hall–Kier alpha value is -0.0900. The number of halogens is 4. The lowest BCUT2D eigenvalue weighted by Crippen LogP contribution is -1.95. The minimum absolute atomic E-state index is 0.280. The zero-order chi connectivity index (χ0) is 12.6. The maximum Gasteiger partial charge on any atom is 0.123 e. The molecule has 17 heavy (non-hydrogen) atoms. The monoisotopic (exact) mass is 352 g/mol. The molecule has 0 fully saturated rings. The molecule has 0 N–H and O–H groups in total. The Morgan fingerprint density at radius 1 is 1.35 bits per heavy atom. The molecule has 0 radical (unpaired) electrons. The van der Waals surface area contributed by atoms with E-state index >= 15 is 0 Å². The highest BCUT2D eigenvalue weighted by molar-refractivity contribution is 9.10. The Balaban J connectivity index is 2.42. The number of aryl methyl sites for hydroxylation is 1. The summed E-state index contributed by atoms with van der Waals surface area (Å²) in [5.74, 6) is -0.280. The summed E-state index contributed by atoms with van der Waals surface area (Å²) in [4.78, 5) is 0.900. The first-order chi connectivity index (χ1) is 7.99. The average Bonchev–Trinajstić information content (AvgIpc) is 2.62. The second kappa shape index (κ2) is 5.27. The van der Waals surface area contributed by atoms with Gasteiger partial charge in [-0.05, 0) is 52.2 Å². The standard InChI is InChI=1S/C12H8BrCl2FS/c1-6-2-3-7(16)4-8(6)11(14)10-5-9(13)12(15)17-10/h2-5,11H,1H3. The molecule has 0 aliphatic carbocycles. The van der Waals surface area contributed by atoms with Gasteiger partial charge in [0.25, 0.3) is 0 Å². The third-order valence-corrected chi connectivity index (χ3v) is 5.57. The van der Waals surface area contributed by atoms with Crippen molar-refractivity contribution in [2.75, 3.05) is 0 Å². The van der Waals surface area contributed by atoms with Gasteiger partial charge >= 0.3 is 0 Å². The van der Waals surface area contributed by atoms with Gasteiger partial charge in [-0.15, -0.1) is 22.9 Å². The van der Waals surface area contributed by atoms with Crippen LogP contribution in [0.25, 0.3) is 0 Å². The highest BCUT2D eigenvalue weighted by atomic mass is 79.9. The molecule has 1 heterocycles. The van der Waals surface area contributed by atoms with Crippen molar-refractivity contribution in [1.82, 2.24) is 0 Å². The van der Waals surface area contributed by atoms with Gasteiger partial charge in [-0.3, -0.25) is 0 Å². The zero-order valence-electron chi connectivity index (χ0n) is 8.81. The number of benzene rings is 1. The van der Waals surface area contributed by atoms with Gasteiger partial charge in [-0.1, -0.05) is 17.7 Å². The van der Waals surface area contributed by atoms with E-state index < -0.39 is 0 Å². The van der Waals surface area contributed by atoms with Gasteiger partial charge in [0.05, 0.1) is 5.38 Å². The number of hydrogen-bond donors (Lipinski definition) is 0. The summed E-state index contributed by atoms with van der Waals surface area (Å²) in [6, 6.07) is 6.49. The lowest BCUT2D eigenvalue weighted by atomic mass is 10.0. The Bertz CT molecular complexity index is 534. The Kier molecular flexibility index (Phi) is 4.14. The molecule has 2 aromatic rings. The molecule has 1 aromatic heterocycles. The lowest BCUT2D eigenvalue weighted by molar-refractivity contribution is 0.625. The van der Waals surface area contributed by atoms with E-state index in [2.05, 4.69) is 15.9 Å². The van der Waals surface area contributed by atoms with E-state index in [9.17, 15) is 4.39 Å². The van der Waals surface area contributed by atoms with Crippen molar-refractivity contribution < 1.29 is 4.39 Å². The molecule has 0 aliphatic heterocycles.